The van der Waals surface area contributed by atoms with E-state index >= 15 is 0 Å². The van der Waals surface area contributed by atoms with E-state index in [9.17, 15) is 9.59 Å². The Balaban J connectivity index is 3.14. The second kappa shape index (κ2) is 6.38. The first-order chi connectivity index (χ1) is 5.16. The van der Waals surface area contributed by atoms with E-state index in [0.29, 0.717) is 19.3 Å². The van der Waals surface area contributed by atoms with Crippen LogP contribution in [-0.2, 0) is 12.7 Å². The third-order valence-electron chi connectivity index (χ3n) is 1.11. The van der Waals surface area contributed by atoms with Crippen LogP contribution in [0.15, 0.2) is 0 Å². The van der Waals surface area contributed by atoms with E-state index in [0.717, 1.165) is 0 Å². The fourth-order valence-electron chi connectivity index (χ4n) is 0.584. The average Bonchev–Trinajstić information content (AvgIpc) is 1.97. The number of carboxylic acid groups (broad SMARTS) is 1. The largest absolute Gasteiger partial charge is 0.481 e. The van der Waals surface area contributed by atoms with E-state index in [1.165, 1.54) is 23.0 Å². The minimum Gasteiger partial charge on any atom is -0.481 e. The molecule has 0 amide bonds. The van der Waals surface area contributed by atoms with Gasteiger partial charge in [0.1, 0.15) is 0 Å². The fourth-order valence-corrected chi connectivity index (χ4v) is 0.804. The maximum atomic E-state index is 10.5. The van der Waals surface area contributed by atoms with E-state index < -0.39 is 5.97 Å². The Labute approximate surface area is 78.6 Å². The molecule has 11 heavy (non-hydrogen) atoms. The lowest BCUT2D eigenvalue weighted by molar-refractivity contribution is -0.137. The topological polar surface area (TPSA) is 63.6 Å². The zero-order valence-electron chi connectivity index (χ0n) is 5.88. The van der Waals surface area contributed by atoms with Gasteiger partial charge in [-0.25, -0.2) is 0 Å². The van der Waals surface area contributed by atoms with Gasteiger partial charge in [0.2, 0.25) is 0 Å². The van der Waals surface area contributed by atoms with Crippen molar-refractivity contribution in [1.29, 1.82) is 0 Å². The molecule has 64 valence electrons. The third kappa shape index (κ3) is 7.57. The van der Waals surface area contributed by atoms with E-state index in [1.54, 1.807) is 0 Å². The molecule has 0 saturated heterocycles. The Morgan fingerprint density at radius 1 is 1.27 bits per heavy atom. The number of halogens is 1. The molecule has 0 aliphatic carbocycles. The smallest absolute Gasteiger partial charge is 0.315 e. The van der Waals surface area contributed by atoms with Gasteiger partial charge >= 0.3 is 11.9 Å². The molecule has 0 aliphatic heterocycles. The summed E-state index contributed by atoms with van der Waals surface area (Å²) >= 11 is 1.51. The summed E-state index contributed by atoms with van der Waals surface area (Å²) in [6.45, 7) is 0. The van der Waals surface area contributed by atoms with Crippen molar-refractivity contribution in [3.63, 3.8) is 0 Å². The van der Waals surface area contributed by atoms with E-state index in [1.807, 2.05) is 0 Å². The first kappa shape index (κ1) is 10.7. The number of carbonyl (C=O) groups is 2. The minimum absolute atomic E-state index is 0.120. The second-order valence-electron chi connectivity index (χ2n) is 2.05. The summed E-state index contributed by atoms with van der Waals surface area (Å²) in [5.74, 6) is -1.12. The zero-order valence-corrected chi connectivity index (χ0v) is 8.04. The Morgan fingerprint density at radius 2 is 1.82 bits per heavy atom. The van der Waals surface area contributed by atoms with Gasteiger partial charge in [-0.15, -0.1) is 0 Å². The van der Waals surface area contributed by atoms with Crippen molar-refractivity contribution >= 4 is 34.9 Å². The molecule has 5 heteroatoms. The molecule has 0 aromatic rings. The maximum absolute atomic E-state index is 10.5. The number of rotatable bonds is 5. The molecule has 0 bridgehead atoms. The van der Waals surface area contributed by atoms with Crippen LogP contribution < -0.4 is 0 Å². The average molecular weight is 272 g/mol. The molecule has 0 spiro atoms. The predicted octanol–water partition coefficient (Wildman–Crippen LogP) is 1.52. The van der Waals surface area contributed by atoms with Crippen molar-refractivity contribution in [3.8, 4) is 0 Å². The van der Waals surface area contributed by atoms with Gasteiger partial charge in [-0.1, -0.05) is 0 Å². The van der Waals surface area contributed by atoms with Gasteiger partial charge < -0.3 is 8.17 Å². The molecule has 0 atom stereocenters. The van der Waals surface area contributed by atoms with Crippen LogP contribution in [0.4, 0.5) is 0 Å². The Hall–Kier alpha value is -0.330. The normalized spacial score (nSPS) is 9.18. The molecule has 0 rings (SSSR count). The van der Waals surface area contributed by atoms with E-state index in [-0.39, 0.29) is 12.4 Å². The molecule has 0 aromatic heterocycles. The molecule has 4 nitrogen and oxygen atoms in total. The molecule has 0 fully saturated rings. The lowest BCUT2D eigenvalue weighted by Gasteiger charge is -1.94. The van der Waals surface area contributed by atoms with Crippen LogP contribution in [0.5, 0.6) is 0 Å². The lowest BCUT2D eigenvalue weighted by Crippen LogP contribution is -1.98. The molecule has 0 unspecified atom stereocenters. The summed E-state index contributed by atoms with van der Waals surface area (Å²) in [4.78, 5) is 20.5. The van der Waals surface area contributed by atoms with Crippen molar-refractivity contribution in [2.45, 2.75) is 25.7 Å². The molecule has 0 aliphatic rings. The van der Waals surface area contributed by atoms with Gasteiger partial charge in [0.15, 0.2) is 23.0 Å². The van der Waals surface area contributed by atoms with Crippen LogP contribution in [0.3, 0.4) is 0 Å². The van der Waals surface area contributed by atoms with Crippen LogP contribution in [0.1, 0.15) is 25.7 Å². The van der Waals surface area contributed by atoms with Gasteiger partial charge in [0, 0.05) is 12.8 Å². The molecular weight excluding hydrogens is 263 g/mol. The number of unbranched alkanes of at least 4 members (excludes halogenated alkanes) is 1. The Kier molecular flexibility index (Phi) is 6.19. The first-order valence-electron chi connectivity index (χ1n) is 3.20. The van der Waals surface area contributed by atoms with Crippen LogP contribution >= 0.6 is 23.0 Å². The van der Waals surface area contributed by atoms with E-state index in [4.69, 9.17) is 5.11 Å². The number of hydrogen-bond acceptors (Lipinski definition) is 3. The number of aliphatic carboxylic acids is 1. The zero-order chi connectivity index (χ0) is 8.69. The molecular formula is C6H9IO4. The van der Waals surface area contributed by atoms with E-state index in [2.05, 4.69) is 3.07 Å². The highest BCUT2D eigenvalue weighted by Crippen LogP contribution is 2.02. The van der Waals surface area contributed by atoms with Crippen LogP contribution in [0, 0.1) is 0 Å². The quantitative estimate of drug-likeness (QED) is 0.608. The SMILES string of the molecule is O=C(O)CCCCC(=O)OI. The fraction of sp³-hybridized carbons (Fsp3) is 0.667. The highest BCUT2D eigenvalue weighted by molar-refractivity contribution is 14.1. The highest BCUT2D eigenvalue weighted by atomic mass is 127. The number of carbonyl (C=O) groups excluding carboxylic acids is 1. The van der Waals surface area contributed by atoms with Crippen molar-refractivity contribution in [1.82, 2.24) is 0 Å². The Bertz CT molecular complexity index is 146. The van der Waals surface area contributed by atoms with Gasteiger partial charge in [0.05, 0.1) is 0 Å². The monoisotopic (exact) mass is 272 g/mol. The summed E-state index contributed by atoms with van der Waals surface area (Å²) in [6, 6.07) is 0. The Morgan fingerprint density at radius 3 is 2.27 bits per heavy atom. The van der Waals surface area contributed by atoms with Gasteiger partial charge in [-0.3, -0.25) is 9.59 Å². The first-order valence-corrected chi connectivity index (χ1v) is 4.08. The van der Waals surface area contributed by atoms with Gasteiger partial charge in [0.25, 0.3) is 0 Å². The predicted molar refractivity (Wildman–Crippen MR) is 46.2 cm³/mol. The van der Waals surface area contributed by atoms with Crippen LogP contribution in [-0.4, -0.2) is 17.0 Å². The van der Waals surface area contributed by atoms with Crippen molar-refractivity contribution in [2.75, 3.05) is 0 Å². The molecule has 1 N–H and O–H groups in total. The molecule has 0 saturated carbocycles. The van der Waals surface area contributed by atoms with Crippen molar-refractivity contribution in [3.05, 3.63) is 0 Å². The standard InChI is InChI=1S/C6H9IO4/c7-11-6(10)4-2-1-3-5(8)9/h1-4H2,(H,8,9). The van der Waals surface area contributed by atoms with Gasteiger partial charge in [-0.05, 0) is 12.8 Å². The minimum atomic E-state index is -0.826. The highest BCUT2D eigenvalue weighted by Gasteiger charge is 2.01. The second-order valence-corrected chi connectivity index (χ2v) is 2.49. The number of carboxylic acids is 1. The number of hydrogen-bond donors (Lipinski definition) is 1. The van der Waals surface area contributed by atoms with Crippen LogP contribution in [0.25, 0.3) is 0 Å². The van der Waals surface area contributed by atoms with Crippen molar-refractivity contribution < 1.29 is 17.8 Å². The summed E-state index contributed by atoms with van der Waals surface area (Å²) < 4.78 is 4.34. The summed E-state index contributed by atoms with van der Waals surface area (Å²) in [5, 5.41) is 8.22. The maximum Gasteiger partial charge on any atom is 0.315 e. The van der Waals surface area contributed by atoms with Gasteiger partial charge in [-0.2, -0.15) is 0 Å². The summed E-state index contributed by atoms with van der Waals surface area (Å²) in [6.07, 6.45) is 1.53. The molecule has 0 heterocycles. The lowest BCUT2D eigenvalue weighted by atomic mass is 10.2. The molecule has 0 aromatic carbocycles. The van der Waals surface area contributed by atoms with Crippen molar-refractivity contribution in [2.24, 2.45) is 0 Å². The summed E-state index contributed by atoms with van der Waals surface area (Å²) in [5.41, 5.74) is 0. The summed E-state index contributed by atoms with van der Waals surface area (Å²) in [7, 11) is 0. The van der Waals surface area contributed by atoms with Crippen LogP contribution in [0.2, 0.25) is 0 Å². The molecule has 0 radical (unpaired) electrons. The third-order valence-corrected chi connectivity index (χ3v) is 1.60.